The number of aryl methyl sites for hydroxylation is 2. The number of benzene rings is 10. The third kappa shape index (κ3) is 20.0. The van der Waals surface area contributed by atoms with Gasteiger partial charge in [-0.1, -0.05) is 270 Å². The van der Waals surface area contributed by atoms with Crippen LogP contribution in [0.5, 0.6) is 0 Å². The molecule has 4 aromatic heterocycles. The van der Waals surface area contributed by atoms with E-state index in [9.17, 15) is 9.59 Å². The maximum Gasteiger partial charge on any atom is -0.0134 e. The first-order chi connectivity index (χ1) is 47.9. The van der Waals surface area contributed by atoms with Crippen LogP contribution < -0.4 is 48.4 Å². The second-order valence-electron chi connectivity index (χ2n) is 23.7. The first-order valence-corrected chi connectivity index (χ1v) is 39.7. The number of aromatic nitrogens is 6. The van der Waals surface area contributed by atoms with Gasteiger partial charge in [0.25, 0.3) is 11.1 Å². The van der Waals surface area contributed by atoms with Crippen molar-refractivity contribution in [2.75, 3.05) is 0 Å². The van der Waals surface area contributed by atoms with Gasteiger partial charge in [0.1, 0.15) is 0 Å². The molecule has 0 atom stereocenters. The first kappa shape index (κ1) is 73.9. The molecule has 0 amide bonds. The predicted octanol–water partition coefficient (Wildman–Crippen LogP) is 17.8. The maximum atomic E-state index is 12.3. The third-order valence-corrected chi connectivity index (χ3v) is 22.2. The quantitative estimate of drug-likeness (QED) is 0.104. The number of pyridine rings is 2. The van der Waals surface area contributed by atoms with Crippen molar-refractivity contribution in [3.8, 4) is 33.6 Å². The Morgan fingerprint density at radius 3 is 1.05 bits per heavy atom. The van der Waals surface area contributed by atoms with Crippen molar-refractivity contribution in [3.05, 3.63) is 339 Å². The summed E-state index contributed by atoms with van der Waals surface area (Å²) in [5.74, 6) is 0. The Kier molecular flexibility index (Phi) is 26.5. The van der Waals surface area contributed by atoms with Crippen molar-refractivity contribution < 1.29 is 25.2 Å². The van der Waals surface area contributed by atoms with Crippen molar-refractivity contribution in [2.45, 2.75) is 38.9 Å². The number of nitrogens with one attached hydrogen (secondary N) is 2. The molecule has 0 spiro atoms. The standard InChI is InChI=1S/C19H14ClN3O.2C18H15P.C15H9BrClNO.C10H17BN2O2.2ClH.Pd/c1-23-11-15(10-21-23)12-2-4-13(5-3-12)18-8-14-6-7-16(20)9-17(14)19(24)22-18;2*1-4-10-16(11-5-1)19(17-12-6-2-7-13-17)18-14-8-3-9-15-18;16-11-4-1-9(2-5-11)14-7-10-3-6-12(17)8-13(10)15(19)18-14;1-9(2)10(3,4)15-11(14-9)8-6-12-13(5)7-8;;;/h2-11H,1H3,(H,22,24);2*1-15H;1-8H,(H,18,19);6-7H,1-5H3;2*1H;/q;;;;;;;+2/p-2. The minimum Gasteiger partial charge on any atom is -0.0622 e. The smallest absolute Gasteiger partial charge is 0.0134 e. The molecular formula is C80H70BBrCl4N6O4P2Pd. The largest absolute Gasteiger partial charge is 0.0622 e. The van der Waals surface area contributed by atoms with E-state index in [2.05, 4.69) is 218 Å². The van der Waals surface area contributed by atoms with Crippen LogP contribution in [0.4, 0.5) is 0 Å². The Balaban J connectivity index is 0.000000133. The Hall–Kier alpha value is -7.81. The molecule has 14 aromatic rings. The van der Waals surface area contributed by atoms with E-state index in [4.69, 9.17) is 51.6 Å². The molecule has 2 N–H and O–H groups in total. The number of hydrogen-bond donors (Lipinski definition) is 2. The van der Waals surface area contributed by atoms with E-state index in [0.717, 1.165) is 54.3 Å². The van der Waals surface area contributed by atoms with Gasteiger partial charge in [0, 0.05) is 80.4 Å². The summed E-state index contributed by atoms with van der Waals surface area (Å²) >= 11 is 15.2. The molecule has 0 aliphatic carbocycles. The topological polar surface area (TPSA) is 120 Å². The molecule has 0 radical (unpaired) electrons. The maximum absolute atomic E-state index is 12.3. The van der Waals surface area contributed by atoms with Crippen molar-refractivity contribution in [1.29, 1.82) is 0 Å². The van der Waals surface area contributed by atoms with Crippen LogP contribution in [-0.2, 0) is 39.3 Å². The molecule has 1 aliphatic rings. The van der Waals surface area contributed by atoms with E-state index >= 15 is 0 Å². The normalized spacial score (nSPS) is 12.6. The van der Waals surface area contributed by atoms with E-state index in [1.54, 1.807) is 39.8 Å². The minimum atomic E-state index is -0.446. The second kappa shape index (κ2) is 35.5. The molecule has 1 aliphatic heterocycles. The molecule has 1 fully saturated rings. The monoisotopic (exact) mass is 1580 g/mol. The predicted molar refractivity (Wildman–Crippen MR) is 421 cm³/mol. The fourth-order valence-corrected chi connectivity index (χ4v) is 15.9. The number of fused-ring (bicyclic) bond motifs is 2. The molecule has 19 heteroatoms. The first-order valence-electron chi connectivity index (χ1n) is 31.4. The summed E-state index contributed by atoms with van der Waals surface area (Å²) in [6, 6.07) is 95.1. The average Bonchev–Trinajstić information content (AvgIpc) is 1.67. The number of aromatic amines is 2. The van der Waals surface area contributed by atoms with Gasteiger partial charge >= 0.3 is 42.1 Å². The third-order valence-electron chi connectivity index (χ3n) is 16.3. The van der Waals surface area contributed by atoms with E-state index < -0.39 is 15.8 Å². The van der Waals surface area contributed by atoms with Crippen molar-refractivity contribution in [3.63, 3.8) is 0 Å². The molecular weight excluding hydrogens is 1510 g/mol. The molecule has 502 valence electrons. The van der Waals surface area contributed by atoms with Crippen LogP contribution in [0.2, 0.25) is 10.0 Å². The summed E-state index contributed by atoms with van der Waals surface area (Å²) in [5, 5.41) is 20.8. The van der Waals surface area contributed by atoms with Gasteiger partial charge in [-0.2, -0.15) is 10.2 Å². The van der Waals surface area contributed by atoms with Gasteiger partial charge in [-0.15, -0.1) is 0 Å². The molecule has 99 heavy (non-hydrogen) atoms. The van der Waals surface area contributed by atoms with Crippen molar-refractivity contribution >= 4 is 140 Å². The van der Waals surface area contributed by atoms with Gasteiger partial charge in [-0.05, 0) is 151 Å². The van der Waals surface area contributed by atoms with Gasteiger partial charge in [-0.25, -0.2) is 0 Å². The van der Waals surface area contributed by atoms with Crippen LogP contribution in [0.15, 0.2) is 318 Å². The van der Waals surface area contributed by atoms with Crippen LogP contribution in [0.3, 0.4) is 0 Å². The molecule has 0 unspecified atom stereocenters. The van der Waals surface area contributed by atoms with E-state index in [0.29, 0.717) is 20.8 Å². The fourth-order valence-electron chi connectivity index (χ4n) is 10.7. The Labute approximate surface area is 615 Å². The number of halogens is 5. The van der Waals surface area contributed by atoms with Gasteiger partial charge in [0.2, 0.25) is 0 Å². The van der Waals surface area contributed by atoms with E-state index in [1.807, 2.05) is 133 Å². The summed E-state index contributed by atoms with van der Waals surface area (Å²) in [4.78, 5) is 30.2. The molecule has 10 aromatic carbocycles. The van der Waals surface area contributed by atoms with Crippen LogP contribution in [0.25, 0.3) is 55.2 Å². The Morgan fingerprint density at radius 1 is 0.424 bits per heavy atom. The van der Waals surface area contributed by atoms with Gasteiger partial charge < -0.3 is 19.3 Å². The summed E-state index contributed by atoms with van der Waals surface area (Å²) in [7, 11) is 12.2. The van der Waals surface area contributed by atoms with Crippen LogP contribution in [0.1, 0.15) is 27.7 Å². The second-order valence-corrected chi connectivity index (χ2v) is 32.3. The summed E-state index contributed by atoms with van der Waals surface area (Å²) in [5.41, 5.74) is 5.79. The number of hydrogen-bond acceptors (Lipinski definition) is 6. The molecule has 10 nitrogen and oxygen atoms in total. The zero-order valence-corrected chi connectivity index (χ0v) is 62.9. The zero-order valence-electron chi connectivity index (χ0n) is 55.0. The Bertz CT molecular complexity index is 4670. The molecule has 15 rings (SSSR count). The van der Waals surface area contributed by atoms with Crippen molar-refractivity contribution in [1.82, 2.24) is 29.5 Å². The van der Waals surface area contributed by atoms with Gasteiger partial charge in [0.05, 0.1) is 17.4 Å². The van der Waals surface area contributed by atoms with E-state index in [1.165, 1.54) is 31.8 Å². The number of H-pyrrole nitrogens is 2. The fraction of sp³-hybridized carbons (Fsp3) is 0.100. The molecule has 1 saturated heterocycles. The van der Waals surface area contributed by atoms with Crippen molar-refractivity contribution in [2.24, 2.45) is 14.1 Å². The SMILES string of the molecule is Cn1cc(-c2ccc(-c3cc4ccc(Cl)cc4c(=O)[nH]3)cc2)cn1.Cn1cc(B2OC(C)(C)C(C)(C)O2)cn1.O=c1[nH]c(-c2ccc(Br)cc2)cc2ccc(Cl)cc12.[Cl][Pd][Cl].c1ccc(P(c2ccccc2)c2ccccc2)cc1.c1ccc(P(c2ccccc2)c2ccccc2)cc1. The number of rotatable bonds is 10. The Morgan fingerprint density at radius 2 is 0.737 bits per heavy atom. The minimum absolute atomic E-state index is 0.106. The van der Waals surface area contributed by atoms with Crippen LogP contribution in [-0.4, -0.2) is 47.8 Å². The number of nitrogens with zero attached hydrogens (tertiary/aromatic N) is 4. The van der Waals surface area contributed by atoms with E-state index in [-0.39, 0.29) is 45.4 Å². The zero-order chi connectivity index (χ0) is 69.9. The van der Waals surface area contributed by atoms with Gasteiger partial charge in [-0.3, -0.25) is 19.0 Å². The molecule has 0 bridgehead atoms. The molecule has 5 heterocycles. The van der Waals surface area contributed by atoms with Crippen LogP contribution in [0, 0.1) is 0 Å². The summed E-state index contributed by atoms with van der Waals surface area (Å²) in [6.07, 6.45) is 7.50. The van der Waals surface area contributed by atoms with Gasteiger partial charge in [0.15, 0.2) is 0 Å². The summed E-state index contributed by atoms with van der Waals surface area (Å²) in [6.45, 7) is 8.18. The summed E-state index contributed by atoms with van der Waals surface area (Å²) < 4.78 is 16.3. The van der Waals surface area contributed by atoms with Crippen LogP contribution >= 0.6 is 74.0 Å². The molecule has 0 saturated carbocycles. The average molecular weight is 1580 g/mol.